The van der Waals surface area contributed by atoms with Gasteiger partial charge in [-0.3, -0.25) is 4.79 Å². The SMILES string of the molecule is O=C(NCCCCCCO)c1cc(Br)cc(Br)c1. The molecule has 1 aromatic rings. The van der Waals surface area contributed by atoms with Crippen LogP contribution in [-0.2, 0) is 0 Å². The Kier molecular flexibility index (Phi) is 7.54. The van der Waals surface area contributed by atoms with Gasteiger partial charge < -0.3 is 10.4 Å². The molecule has 2 N–H and O–H groups in total. The van der Waals surface area contributed by atoms with E-state index in [-0.39, 0.29) is 12.5 Å². The lowest BCUT2D eigenvalue weighted by Gasteiger charge is -2.06. The highest BCUT2D eigenvalue weighted by atomic mass is 79.9. The molecule has 1 aromatic carbocycles. The second-order valence-corrected chi connectivity index (χ2v) is 5.88. The summed E-state index contributed by atoms with van der Waals surface area (Å²) in [6, 6.07) is 5.49. The van der Waals surface area contributed by atoms with E-state index in [4.69, 9.17) is 5.11 Å². The van der Waals surface area contributed by atoms with E-state index in [1.807, 2.05) is 6.07 Å². The summed E-state index contributed by atoms with van der Waals surface area (Å²) in [6.07, 6.45) is 3.82. The molecule has 0 fully saturated rings. The van der Waals surface area contributed by atoms with Crippen LogP contribution in [0.1, 0.15) is 36.0 Å². The summed E-state index contributed by atoms with van der Waals surface area (Å²) in [5.41, 5.74) is 0.645. The van der Waals surface area contributed by atoms with Gasteiger partial charge in [0, 0.05) is 27.7 Å². The molecule has 0 spiro atoms. The first-order valence-corrected chi connectivity index (χ1v) is 7.57. The van der Waals surface area contributed by atoms with Crippen LogP contribution in [0.15, 0.2) is 27.1 Å². The molecule has 1 rings (SSSR count). The van der Waals surface area contributed by atoms with E-state index < -0.39 is 0 Å². The fraction of sp³-hybridized carbons (Fsp3) is 0.462. The van der Waals surface area contributed by atoms with Crippen LogP contribution in [0, 0.1) is 0 Å². The molecule has 0 saturated carbocycles. The Labute approximate surface area is 124 Å². The number of hydrogen-bond donors (Lipinski definition) is 2. The lowest BCUT2D eigenvalue weighted by Crippen LogP contribution is -2.24. The summed E-state index contributed by atoms with van der Waals surface area (Å²) in [4.78, 5) is 11.8. The fourth-order valence-electron chi connectivity index (χ4n) is 1.58. The maximum atomic E-state index is 11.8. The standard InChI is InChI=1S/C13H17Br2NO2/c14-11-7-10(8-12(15)9-11)13(18)16-5-3-1-2-4-6-17/h7-9,17H,1-6H2,(H,16,18). The van der Waals surface area contributed by atoms with Crippen molar-refractivity contribution in [3.8, 4) is 0 Å². The first kappa shape index (κ1) is 15.7. The number of unbranched alkanes of at least 4 members (excludes halogenated alkanes) is 3. The Morgan fingerprint density at radius 3 is 2.28 bits per heavy atom. The molecule has 0 atom stereocenters. The molecule has 0 aliphatic rings. The first-order chi connectivity index (χ1) is 8.63. The highest BCUT2D eigenvalue weighted by Gasteiger charge is 2.06. The van der Waals surface area contributed by atoms with E-state index in [2.05, 4.69) is 37.2 Å². The van der Waals surface area contributed by atoms with Crippen LogP contribution >= 0.6 is 31.9 Å². The third-order valence-corrected chi connectivity index (χ3v) is 3.41. The number of amides is 1. The van der Waals surface area contributed by atoms with Crippen LogP contribution in [0.4, 0.5) is 0 Å². The van der Waals surface area contributed by atoms with Gasteiger partial charge in [-0.1, -0.05) is 44.7 Å². The normalized spacial score (nSPS) is 10.4. The molecule has 0 heterocycles. The Balaban J connectivity index is 2.32. The summed E-state index contributed by atoms with van der Waals surface area (Å²) < 4.78 is 1.76. The number of aliphatic hydroxyl groups excluding tert-OH is 1. The zero-order chi connectivity index (χ0) is 13.4. The van der Waals surface area contributed by atoms with Gasteiger partial charge in [0.1, 0.15) is 0 Å². The maximum absolute atomic E-state index is 11.8. The minimum Gasteiger partial charge on any atom is -0.396 e. The fourth-order valence-corrected chi connectivity index (χ4v) is 2.87. The van der Waals surface area contributed by atoms with E-state index in [0.717, 1.165) is 34.6 Å². The van der Waals surface area contributed by atoms with Crippen molar-refractivity contribution in [1.29, 1.82) is 0 Å². The van der Waals surface area contributed by atoms with Crippen LogP contribution in [0.25, 0.3) is 0 Å². The van der Waals surface area contributed by atoms with Crippen molar-refractivity contribution in [2.45, 2.75) is 25.7 Å². The Morgan fingerprint density at radius 2 is 1.67 bits per heavy atom. The van der Waals surface area contributed by atoms with Gasteiger partial charge >= 0.3 is 0 Å². The molecule has 0 radical (unpaired) electrons. The summed E-state index contributed by atoms with van der Waals surface area (Å²) in [5, 5.41) is 11.5. The molecular weight excluding hydrogens is 362 g/mol. The predicted molar refractivity (Wildman–Crippen MR) is 79.7 cm³/mol. The zero-order valence-electron chi connectivity index (χ0n) is 10.1. The van der Waals surface area contributed by atoms with Gasteiger partial charge in [-0.05, 0) is 31.0 Å². The van der Waals surface area contributed by atoms with E-state index in [1.165, 1.54) is 0 Å². The topological polar surface area (TPSA) is 49.3 Å². The molecule has 0 aliphatic heterocycles. The van der Waals surface area contributed by atoms with Gasteiger partial charge in [-0.25, -0.2) is 0 Å². The maximum Gasteiger partial charge on any atom is 0.251 e. The number of carbonyl (C=O) groups excluding carboxylic acids is 1. The summed E-state index contributed by atoms with van der Waals surface area (Å²) in [6.45, 7) is 0.923. The summed E-state index contributed by atoms with van der Waals surface area (Å²) in [5.74, 6) is -0.0563. The predicted octanol–water partition coefficient (Wildman–Crippen LogP) is 3.49. The van der Waals surface area contributed by atoms with Crippen LogP contribution in [-0.4, -0.2) is 24.2 Å². The number of carbonyl (C=O) groups is 1. The quantitative estimate of drug-likeness (QED) is 0.713. The zero-order valence-corrected chi connectivity index (χ0v) is 13.3. The van der Waals surface area contributed by atoms with E-state index in [1.54, 1.807) is 12.1 Å². The highest BCUT2D eigenvalue weighted by Crippen LogP contribution is 2.19. The third-order valence-electron chi connectivity index (χ3n) is 2.50. The molecule has 0 unspecified atom stereocenters. The molecule has 5 heteroatoms. The first-order valence-electron chi connectivity index (χ1n) is 5.98. The Hall–Kier alpha value is -0.390. The number of rotatable bonds is 7. The number of aliphatic hydroxyl groups is 1. The van der Waals surface area contributed by atoms with Crippen LogP contribution in [0.2, 0.25) is 0 Å². The Bertz CT molecular complexity index is 376. The average Bonchev–Trinajstić information content (AvgIpc) is 2.32. The Morgan fingerprint density at radius 1 is 1.06 bits per heavy atom. The largest absolute Gasteiger partial charge is 0.396 e. The average molecular weight is 379 g/mol. The smallest absolute Gasteiger partial charge is 0.251 e. The highest BCUT2D eigenvalue weighted by molar-refractivity contribution is 9.11. The molecule has 100 valence electrons. The van der Waals surface area contributed by atoms with Gasteiger partial charge in [-0.15, -0.1) is 0 Å². The molecule has 0 aliphatic carbocycles. The third kappa shape index (κ3) is 5.98. The van der Waals surface area contributed by atoms with Gasteiger partial charge in [0.25, 0.3) is 5.91 Å². The molecule has 0 aromatic heterocycles. The van der Waals surface area contributed by atoms with Gasteiger partial charge in [0.05, 0.1) is 0 Å². The van der Waals surface area contributed by atoms with Gasteiger partial charge in [0.2, 0.25) is 0 Å². The molecule has 0 bridgehead atoms. The van der Waals surface area contributed by atoms with Crippen molar-refractivity contribution >= 4 is 37.8 Å². The van der Waals surface area contributed by atoms with Crippen molar-refractivity contribution in [1.82, 2.24) is 5.32 Å². The minimum absolute atomic E-state index is 0.0563. The number of halogens is 2. The monoisotopic (exact) mass is 377 g/mol. The van der Waals surface area contributed by atoms with Crippen molar-refractivity contribution in [2.75, 3.05) is 13.2 Å². The second kappa shape index (κ2) is 8.67. The number of benzene rings is 1. The molecule has 3 nitrogen and oxygen atoms in total. The second-order valence-electron chi connectivity index (χ2n) is 4.05. The van der Waals surface area contributed by atoms with E-state index >= 15 is 0 Å². The van der Waals surface area contributed by atoms with Crippen molar-refractivity contribution < 1.29 is 9.90 Å². The number of hydrogen-bond acceptors (Lipinski definition) is 2. The minimum atomic E-state index is -0.0563. The van der Waals surface area contributed by atoms with Crippen LogP contribution in [0.5, 0.6) is 0 Å². The van der Waals surface area contributed by atoms with Crippen molar-refractivity contribution in [2.24, 2.45) is 0 Å². The van der Waals surface area contributed by atoms with Crippen molar-refractivity contribution in [3.05, 3.63) is 32.7 Å². The van der Waals surface area contributed by atoms with Crippen LogP contribution < -0.4 is 5.32 Å². The summed E-state index contributed by atoms with van der Waals surface area (Å²) >= 11 is 6.72. The van der Waals surface area contributed by atoms with E-state index in [9.17, 15) is 4.79 Å². The van der Waals surface area contributed by atoms with Gasteiger partial charge in [-0.2, -0.15) is 0 Å². The molecule has 0 saturated heterocycles. The molecule has 1 amide bonds. The molecule has 18 heavy (non-hydrogen) atoms. The lowest BCUT2D eigenvalue weighted by atomic mass is 10.2. The lowest BCUT2D eigenvalue weighted by molar-refractivity contribution is 0.0952. The van der Waals surface area contributed by atoms with Crippen molar-refractivity contribution in [3.63, 3.8) is 0 Å². The number of nitrogens with one attached hydrogen (secondary N) is 1. The molecular formula is C13H17Br2NO2. The van der Waals surface area contributed by atoms with Crippen LogP contribution in [0.3, 0.4) is 0 Å². The van der Waals surface area contributed by atoms with Gasteiger partial charge in [0.15, 0.2) is 0 Å². The van der Waals surface area contributed by atoms with E-state index in [0.29, 0.717) is 12.1 Å². The summed E-state index contributed by atoms with van der Waals surface area (Å²) in [7, 11) is 0.